The van der Waals surface area contributed by atoms with Gasteiger partial charge in [-0.1, -0.05) is 30.3 Å². The molecule has 0 amide bonds. The molecule has 0 aliphatic heterocycles. The Kier molecular flexibility index (Phi) is 3.24. The molecule has 0 saturated heterocycles. The summed E-state index contributed by atoms with van der Waals surface area (Å²) >= 11 is 0. The van der Waals surface area contributed by atoms with Crippen LogP contribution in [-0.2, 0) is 0 Å². The summed E-state index contributed by atoms with van der Waals surface area (Å²) in [6.07, 6.45) is 1.69. The summed E-state index contributed by atoms with van der Waals surface area (Å²) in [5.74, 6) is 1.38. The summed E-state index contributed by atoms with van der Waals surface area (Å²) in [7, 11) is -1.90. The maximum absolute atomic E-state index is 8.55. The second kappa shape index (κ2) is 4.24. The van der Waals surface area contributed by atoms with E-state index in [2.05, 4.69) is 0 Å². The molecule has 0 bridgehead atoms. The Morgan fingerprint density at radius 3 is 2.27 bits per heavy atom. The van der Waals surface area contributed by atoms with Crippen LogP contribution in [0.15, 0.2) is 36.1 Å². The summed E-state index contributed by atoms with van der Waals surface area (Å²) in [6, 6.07) is 9.51. The van der Waals surface area contributed by atoms with Gasteiger partial charge in [0.05, 0.1) is 0 Å². The van der Waals surface area contributed by atoms with Crippen molar-refractivity contribution in [1.29, 1.82) is 0 Å². The van der Waals surface area contributed by atoms with E-state index in [1.165, 1.54) is 5.82 Å². The van der Waals surface area contributed by atoms with E-state index in [1.807, 2.05) is 30.3 Å². The summed E-state index contributed by atoms with van der Waals surface area (Å²) in [5, 5.41) is 0. The summed E-state index contributed by atoms with van der Waals surface area (Å²) in [4.78, 5) is 17.1. The van der Waals surface area contributed by atoms with Crippen LogP contribution in [0, 0.1) is 0 Å². The molecule has 0 heterocycles. The lowest BCUT2D eigenvalue weighted by Crippen LogP contribution is -1.67. The first-order chi connectivity index (χ1) is 5.29. The van der Waals surface area contributed by atoms with Gasteiger partial charge in [0.25, 0.3) is 0 Å². The highest BCUT2D eigenvalue weighted by atomic mass is 31.2. The van der Waals surface area contributed by atoms with Gasteiger partial charge in [-0.15, -0.1) is 0 Å². The normalized spacial score (nSPS) is 11.2. The van der Waals surface area contributed by atoms with Crippen molar-refractivity contribution in [3.8, 4) is 0 Å². The smallest absolute Gasteiger partial charge is 0.191 e. The fraction of sp³-hybridized carbons (Fsp3) is 0. The minimum Gasteiger partial charge on any atom is -0.347 e. The van der Waals surface area contributed by atoms with Crippen LogP contribution in [0.4, 0.5) is 0 Å². The molecular formula is C8H9O2P. The highest BCUT2D eigenvalue weighted by Gasteiger charge is 1.88. The standard InChI is InChI=1S/C8H9O2P/c9-11(10)7-6-8-4-2-1-3-5-8/h1-7,9-10H/b7-6+. The van der Waals surface area contributed by atoms with E-state index in [9.17, 15) is 0 Å². The van der Waals surface area contributed by atoms with Crippen molar-refractivity contribution in [3.05, 3.63) is 41.7 Å². The molecule has 0 fully saturated rings. The van der Waals surface area contributed by atoms with Gasteiger partial charge >= 0.3 is 0 Å². The fourth-order valence-corrected chi connectivity index (χ4v) is 1.02. The molecule has 2 N–H and O–H groups in total. The van der Waals surface area contributed by atoms with Crippen LogP contribution in [0.25, 0.3) is 6.08 Å². The third-order valence-corrected chi connectivity index (χ3v) is 1.62. The van der Waals surface area contributed by atoms with Crippen molar-refractivity contribution in [2.75, 3.05) is 0 Å². The molecule has 1 aromatic carbocycles. The summed E-state index contributed by atoms with van der Waals surface area (Å²) in [5.41, 5.74) is 0.975. The van der Waals surface area contributed by atoms with E-state index in [4.69, 9.17) is 9.79 Å². The molecular weight excluding hydrogens is 159 g/mol. The monoisotopic (exact) mass is 168 g/mol. The number of rotatable bonds is 2. The maximum atomic E-state index is 8.55. The third-order valence-electron chi connectivity index (χ3n) is 1.20. The van der Waals surface area contributed by atoms with Crippen LogP contribution in [0.3, 0.4) is 0 Å². The van der Waals surface area contributed by atoms with Crippen LogP contribution >= 0.6 is 8.38 Å². The second-order valence-electron chi connectivity index (χ2n) is 2.05. The van der Waals surface area contributed by atoms with Crippen molar-refractivity contribution in [2.24, 2.45) is 0 Å². The van der Waals surface area contributed by atoms with Crippen molar-refractivity contribution in [3.63, 3.8) is 0 Å². The molecule has 2 nitrogen and oxygen atoms in total. The predicted molar refractivity (Wildman–Crippen MR) is 46.8 cm³/mol. The molecule has 0 atom stereocenters. The van der Waals surface area contributed by atoms with Gasteiger partial charge in [-0.2, -0.15) is 0 Å². The van der Waals surface area contributed by atoms with Gasteiger partial charge in [0.1, 0.15) is 0 Å². The number of hydrogen-bond donors (Lipinski definition) is 2. The van der Waals surface area contributed by atoms with E-state index in [-0.39, 0.29) is 0 Å². The van der Waals surface area contributed by atoms with Crippen LogP contribution in [-0.4, -0.2) is 9.79 Å². The molecule has 1 rings (SSSR count). The predicted octanol–water partition coefficient (Wildman–Crippen LogP) is 1.95. The van der Waals surface area contributed by atoms with E-state index >= 15 is 0 Å². The molecule has 11 heavy (non-hydrogen) atoms. The quantitative estimate of drug-likeness (QED) is 0.662. The van der Waals surface area contributed by atoms with E-state index in [1.54, 1.807) is 6.08 Å². The van der Waals surface area contributed by atoms with Gasteiger partial charge in [0.15, 0.2) is 8.38 Å². The highest BCUT2D eigenvalue weighted by Crippen LogP contribution is 2.25. The first kappa shape index (κ1) is 8.41. The Morgan fingerprint density at radius 1 is 1.09 bits per heavy atom. The fourth-order valence-electron chi connectivity index (χ4n) is 0.717. The molecule has 0 unspecified atom stereocenters. The van der Waals surface area contributed by atoms with E-state index in [0.717, 1.165) is 5.56 Å². The lowest BCUT2D eigenvalue weighted by atomic mass is 10.2. The summed E-state index contributed by atoms with van der Waals surface area (Å²) in [6.45, 7) is 0. The average Bonchev–Trinajstić information content (AvgIpc) is 2.03. The Bertz CT molecular complexity index is 231. The summed E-state index contributed by atoms with van der Waals surface area (Å²) < 4.78 is 0. The Hall–Kier alpha value is -0.690. The zero-order chi connectivity index (χ0) is 8.10. The number of benzene rings is 1. The third kappa shape index (κ3) is 3.28. The minimum atomic E-state index is -1.90. The molecule has 0 aliphatic carbocycles. The van der Waals surface area contributed by atoms with Gasteiger partial charge in [-0.3, -0.25) is 0 Å². The zero-order valence-corrected chi connectivity index (χ0v) is 6.78. The van der Waals surface area contributed by atoms with E-state index < -0.39 is 8.38 Å². The maximum Gasteiger partial charge on any atom is 0.191 e. The van der Waals surface area contributed by atoms with Crippen molar-refractivity contribution in [1.82, 2.24) is 0 Å². The van der Waals surface area contributed by atoms with Gasteiger partial charge in [-0.25, -0.2) is 0 Å². The average molecular weight is 168 g/mol. The van der Waals surface area contributed by atoms with Gasteiger partial charge in [-0.05, 0) is 17.5 Å². The second-order valence-corrected chi connectivity index (χ2v) is 2.99. The topological polar surface area (TPSA) is 40.5 Å². The van der Waals surface area contributed by atoms with Crippen LogP contribution < -0.4 is 0 Å². The molecule has 0 saturated carbocycles. The Balaban J connectivity index is 2.65. The molecule has 0 aromatic heterocycles. The molecule has 0 spiro atoms. The van der Waals surface area contributed by atoms with Crippen molar-refractivity contribution < 1.29 is 9.79 Å². The largest absolute Gasteiger partial charge is 0.347 e. The Labute approximate surface area is 66.7 Å². The van der Waals surface area contributed by atoms with Crippen LogP contribution in [0.5, 0.6) is 0 Å². The minimum absolute atomic E-state index is 0.975. The molecule has 58 valence electrons. The zero-order valence-electron chi connectivity index (χ0n) is 5.88. The first-order valence-electron chi connectivity index (χ1n) is 3.19. The van der Waals surface area contributed by atoms with Gasteiger partial charge in [0, 0.05) is 0 Å². The highest BCUT2D eigenvalue weighted by molar-refractivity contribution is 7.48. The molecule has 0 aliphatic rings. The number of hydrogen-bond acceptors (Lipinski definition) is 2. The molecule has 3 heteroatoms. The SMILES string of the molecule is OP(O)/C=C/c1ccccc1. The van der Waals surface area contributed by atoms with Crippen molar-refractivity contribution in [2.45, 2.75) is 0 Å². The van der Waals surface area contributed by atoms with Crippen LogP contribution in [0.2, 0.25) is 0 Å². The van der Waals surface area contributed by atoms with E-state index in [0.29, 0.717) is 0 Å². The lowest BCUT2D eigenvalue weighted by molar-refractivity contribution is 0.496. The Morgan fingerprint density at radius 2 is 1.73 bits per heavy atom. The van der Waals surface area contributed by atoms with Crippen molar-refractivity contribution >= 4 is 14.5 Å². The molecule has 0 radical (unpaired) electrons. The lowest BCUT2D eigenvalue weighted by Gasteiger charge is -1.92. The van der Waals surface area contributed by atoms with Gasteiger partial charge in [0.2, 0.25) is 0 Å². The van der Waals surface area contributed by atoms with Gasteiger partial charge < -0.3 is 9.79 Å². The first-order valence-corrected chi connectivity index (χ1v) is 4.51. The van der Waals surface area contributed by atoms with Crippen LogP contribution in [0.1, 0.15) is 5.56 Å². The molecule has 1 aromatic rings.